The van der Waals surface area contributed by atoms with E-state index in [2.05, 4.69) is 30.8 Å². The van der Waals surface area contributed by atoms with Crippen molar-refractivity contribution >= 4 is 0 Å². The van der Waals surface area contributed by atoms with Crippen LogP contribution in [0.3, 0.4) is 0 Å². The number of allylic oxidation sites excluding steroid dienone is 1. The molecule has 0 saturated carbocycles. The summed E-state index contributed by atoms with van der Waals surface area (Å²) in [4.78, 5) is 0. The van der Waals surface area contributed by atoms with Gasteiger partial charge in [0.25, 0.3) is 0 Å². The fourth-order valence-corrected chi connectivity index (χ4v) is 3.33. The molecule has 1 aliphatic rings. The molecule has 0 bridgehead atoms. The van der Waals surface area contributed by atoms with E-state index >= 15 is 0 Å². The van der Waals surface area contributed by atoms with Gasteiger partial charge in [-0.1, -0.05) is 30.3 Å². The molecule has 120 valence electrons. The van der Waals surface area contributed by atoms with E-state index in [4.69, 9.17) is 0 Å². The fraction of sp³-hybridized carbons (Fsp3) is 0.300. The number of hydrogen-bond donors (Lipinski definition) is 0. The van der Waals surface area contributed by atoms with E-state index < -0.39 is 17.5 Å². The summed E-state index contributed by atoms with van der Waals surface area (Å²) in [5, 5.41) is 0. The second-order valence-electron chi connectivity index (χ2n) is 6.13. The van der Waals surface area contributed by atoms with Crippen LogP contribution >= 0.6 is 0 Å². The van der Waals surface area contributed by atoms with Crippen molar-refractivity contribution in [1.82, 2.24) is 0 Å². The Balaban J connectivity index is 1.80. The molecule has 1 atom stereocenters. The second-order valence-corrected chi connectivity index (χ2v) is 6.13. The predicted molar refractivity (Wildman–Crippen MR) is 86.0 cm³/mol. The molecule has 23 heavy (non-hydrogen) atoms. The van der Waals surface area contributed by atoms with Crippen molar-refractivity contribution in [2.75, 3.05) is 0 Å². The summed E-state index contributed by atoms with van der Waals surface area (Å²) < 4.78 is 40.6. The number of halogens is 3. The first-order valence-corrected chi connectivity index (χ1v) is 7.95. The van der Waals surface area contributed by atoms with Crippen molar-refractivity contribution in [3.63, 3.8) is 0 Å². The molecule has 0 radical (unpaired) electrons. The van der Waals surface area contributed by atoms with E-state index in [1.54, 1.807) is 0 Å². The highest BCUT2D eigenvalue weighted by atomic mass is 19.2. The number of benzene rings is 2. The maximum atomic E-state index is 13.8. The van der Waals surface area contributed by atoms with Gasteiger partial charge in [-0.05, 0) is 66.3 Å². The van der Waals surface area contributed by atoms with Crippen LogP contribution < -0.4 is 0 Å². The summed E-state index contributed by atoms with van der Waals surface area (Å²) in [6.45, 7) is 3.72. The number of fused-ring (bicyclic) bond motifs is 1. The van der Waals surface area contributed by atoms with Gasteiger partial charge in [0.05, 0.1) is 0 Å². The Hall–Kier alpha value is -2.03. The lowest BCUT2D eigenvalue weighted by molar-refractivity contribution is 0.428. The molecule has 0 N–H and O–H groups in total. The Morgan fingerprint density at radius 1 is 1.09 bits per heavy atom. The zero-order chi connectivity index (χ0) is 16.4. The summed E-state index contributed by atoms with van der Waals surface area (Å²) in [6, 6.07) is 9.52. The largest absolute Gasteiger partial charge is 0.204 e. The Kier molecular flexibility index (Phi) is 4.56. The molecule has 3 heteroatoms. The predicted octanol–water partition coefficient (Wildman–Crippen LogP) is 5.50. The van der Waals surface area contributed by atoms with Crippen molar-refractivity contribution in [2.24, 2.45) is 0 Å². The van der Waals surface area contributed by atoms with Gasteiger partial charge in [-0.2, -0.15) is 0 Å². The average Bonchev–Trinajstić information content (AvgIpc) is 2.58. The van der Waals surface area contributed by atoms with Crippen LogP contribution in [-0.4, -0.2) is 0 Å². The van der Waals surface area contributed by atoms with E-state index in [9.17, 15) is 13.2 Å². The molecular formula is C20H19F3. The van der Waals surface area contributed by atoms with Crippen LogP contribution in [0.5, 0.6) is 0 Å². The first-order chi connectivity index (χ1) is 11.1. The Morgan fingerprint density at radius 3 is 2.52 bits per heavy atom. The minimum atomic E-state index is -1.35. The standard InChI is InChI=1S/C20H19F3/c1-2-3-4-13-5-7-14(8-6-13)15-9-10-17-16(11-15)12-18(21)20(23)19(17)22/h2,5-8,12,15H,1,3-4,9-11H2. The first kappa shape index (κ1) is 15.9. The highest BCUT2D eigenvalue weighted by molar-refractivity contribution is 5.36. The van der Waals surface area contributed by atoms with E-state index in [-0.39, 0.29) is 5.92 Å². The minimum Gasteiger partial charge on any atom is -0.204 e. The van der Waals surface area contributed by atoms with Gasteiger partial charge in [0.1, 0.15) is 0 Å². The fourth-order valence-electron chi connectivity index (χ4n) is 3.33. The first-order valence-electron chi connectivity index (χ1n) is 7.95. The Bertz CT molecular complexity index is 717. The van der Waals surface area contributed by atoms with Gasteiger partial charge in [0, 0.05) is 0 Å². The lowest BCUT2D eigenvalue weighted by Gasteiger charge is -2.25. The summed E-state index contributed by atoms with van der Waals surface area (Å²) in [6.07, 6.45) is 5.55. The smallest absolute Gasteiger partial charge is 0.194 e. The number of hydrogen-bond acceptors (Lipinski definition) is 0. The third-order valence-corrected chi connectivity index (χ3v) is 4.65. The summed E-state index contributed by atoms with van der Waals surface area (Å²) in [5.41, 5.74) is 3.35. The topological polar surface area (TPSA) is 0 Å². The van der Waals surface area contributed by atoms with Crippen molar-refractivity contribution in [3.05, 3.63) is 82.7 Å². The lowest BCUT2D eigenvalue weighted by Crippen LogP contribution is -2.16. The maximum Gasteiger partial charge on any atom is 0.194 e. The van der Waals surface area contributed by atoms with Crippen LogP contribution in [0.4, 0.5) is 13.2 Å². The quantitative estimate of drug-likeness (QED) is 0.516. The summed E-state index contributed by atoms with van der Waals surface area (Å²) in [7, 11) is 0. The number of rotatable bonds is 4. The monoisotopic (exact) mass is 316 g/mol. The van der Waals surface area contributed by atoms with Crippen LogP contribution in [0.25, 0.3) is 0 Å². The molecule has 2 aromatic rings. The summed E-state index contributed by atoms with van der Waals surface area (Å²) in [5.74, 6) is -3.24. The highest BCUT2D eigenvalue weighted by Crippen LogP contribution is 2.35. The Morgan fingerprint density at radius 2 is 1.83 bits per heavy atom. The van der Waals surface area contributed by atoms with Crippen LogP contribution in [0.2, 0.25) is 0 Å². The van der Waals surface area contributed by atoms with E-state index in [0.29, 0.717) is 24.0 Å². The van der Waals surface area contributed by atoms with E-state index in [1.807, 2.05) is 6.08 Å². The van der Waals surface area contributed by atoms with Gasteiger partial charge in [0.2, 0.25) is 0 Å². The Labute approximate surface area is 134 Å². The maximum absolute atomic E-state index is 13.8. The molecule has 0 saturated heterocycles. The third kappa shape index (κ3) is 3.19. The van der Waals surface area contributed by atoms with Gasteiger partial charge in [-0.15, -0.1) is 6.58 Å². The molecular weight excluding hydrogens is 297 g/mol. The molecule has 0 aromatic heterocycles. The van der Waals surface area contributed by atoms with Crippen molar-refractivity contribution < 1.29 is 13.2 Å². The van der Waals surface area contributed by atoms with Gasteiger partial charge in [-0.25, -0.2) is 13.2 Å². The van der Waals surface area contributed by atoms with Gasteiger partial charge in [0.15, 0.2) is 17.5 Å². The average molecular weight is 316 g/mol. The van der Waals surface area contributed by atoms with Crippen LogP contribution in [0.1, 0.15) is 41.0 Å². The highest BCUT2D eigenvalue weighted by Gasteiger charge is 2.26. The van der Waals surface area contributed by atoms with Crippen molar-refractivity contribution in [3.8, 4) is 0 Å². The van der Waals surface area contributed by atoms with E-state index in [0.717, 1.165) is 25.3 Å². The summed E-state index contributed by atoms with van der Waals surface area (Å²) >= 11 is 0. The van der Waals surface area contributed by atoms with Gasteiger partial charge >= 0.3 is 0 Å². The second kappa shape index (κ2) is 6.61. The normalized spacial score (nSPS) is 16.9. The lowest BCUT2D eigenvalue weighted by atomic mass is 9.79. The SMILES string of the molecule is C=CCCc1ccc(C2CCc3c(cc(F)c(F)c3F)C2)cc1. The molecule has 3 rings (SSSR count). The molecule has 0 nitrogen and oxygen atoms in total. The molecule has 0 fully saturated rings. The van der Waals surface area contributed by atoms with Gasteiger partial charge < -0.3 is 0 Å². The molecule has 0 amide bonds. The zero-order valence-corrected chi connectivity index (χ0v) is 12.9. The molecule has 1 aliphatic carbocycles. The number of aryl methyl sites for hydroxylation is 1. The molecule has 0 aliphatic heterocycles. The van der Waals surface area contributed by atoms with Crippen LogP contribution in [-0.2, 0) is 19.3 Å². The molecule has 1 unspecified atom stereocenters. The van der Waals surface area contributed by atoms with Crippen LogP contribution in [0.15, 0.2) is 43.0 Å². The van der Waals surface area contributed by atoms with Crippen molar-refractivity contribution in [1.29, 1.82) is 0 Å². The minimum absolute atomic E-state index is 0.222. The third-order valence-electron chi connectivity index (χ3n) is 4.65. The molecule has 2 aromatic carbocycles. The van der Waals surface area contributed by atoms with Gasteiger partial charge in [-0.3, -0.25) is 0 Å². The zero-order valence-electron chi connectivity index (χ0n) is 12.9. The molecule has 0 heterocycles. The van der Waals surface area contributed by atoms with Crippen molar-refractivity contribution in [2.45, 2.75) is 38.0 Å². The van der Waals surface area contributed by atoms with E-state index in [1.165, 1.54) is 11.1 Å². The van der Waals surface area contributed by atoms with Crippen LogP contribution in [0, 0.1) is 17.5 Å². The molecule has 0 spiro atoms.